The van der Waals surface area contributed by atoms with Gasteiger partial charge < -0.3 is 38.5 Å². The number of nitrogens with one attached hydrogen (secondary N) is 4. The molecule has 0 spiro atoms. The zero-order valence-corrected chi connectivity index (χ0v) is 26.9. The maximum atomic E-state index is 13.3. The number of nitrogens with zero attached hydrogens (tertiary/aromatic N) is 2. The lowest BCUT2D eigenvalue weighted by atomic mass is 10.0. The third kappa shape index (κ3) is 12.9. The number of hydrogen-bond acceptors (Lipinski definition) is 8. The second-order valence-corrected chi connectivity index (χ2v) is 13.4. The van der Waals surface area contributed by atoms with Crippen molar-refractivity contribution >= 4 is 51.0 Å². The van der Waals surface area contributed by atoms with E-state index < -0.39 is 58.0 Å². The minimum atomic E-state index is -3.76. The number of aliphatic imine (C=N–C) groups is 1. The number of primary amides is 1. The van der Waals surface area contributed by atoms with E-state index in [9.17, 15) is 32.4 Å². The first kappa shape index (κ1) is 37.8. The van der Waals surface area contributed by atoms with Crippen molar-refractivity contribution in [1.82, 2.24) is 25.8 Å². The fraction of sp³-hybridized carbons (Fsp3) is 0.556. The van der Waals surface area contributed by atoms with Crippen molar-refractivity contribution in [2.45, 2.75) is 50.1 Å². The Morgan fingerprint density at radius 1 is 0.955 bits per heavy atom. The van der Waals surface area contributed by atoms with E-state index in [0.29, 0.717) is 16.6 Å². The van der Waals surface area contributed by atoms with E-state index in [4.69, 9.17) is 17.2 Å². The van der Waals surface area contributed by atoms with Crippen LogP contribution >= 0.6 is 0 Å². The largest absolute Gasteiger partial charge is 0.370 e. The number of nitrogens with two attached hydrogens (primary N) is 3. The van der Waals surface area contributed by atoms with Gasteiger partial charge in [-0.1, -0.05) is 13.8 Å². The lowest BCUT2D eigenvalue weighted by Crippen LogP contribution is -2.51. The summed E-state index contributed by atoms with van der Waals surface area (Å²) in [4.78, 5) is 66.1. The molecule has 1 aromatic rings. The Labute approximate surface area is 258 Å². The first-order valence-electron chi connectivity index (χ1n) is 13.9. The van der Waals surface area contributed by atoms with Crippen molar-refractivity contribution < 1.29 is 32.4 Å². The number of carbonyl (C=O) groups excluding carboxylic acids is 5. The first-order valence-corrected chi connectivity index (χ1v) is 15.8. The molecular formula is C27H46N9O7S+. The van der Waals surface area contributed by atoms with Gasteiger partial charge in [0, 0.05) is 37.9 Å². The summed E-state index contributed by atoms with van der Waals surface area (Å²) in [6.07, 6.45) is 1.30. The Balaban J connectivity index is 2.93. The van der Waals surface area contributed by atoms with Gasteiger partial charge in [-0.15, -0.1) is 0 Å². The van der Waals surface area contributed by atoms with Crippen LogP contribution in [-0.4, -0.2) is 103 Å². The number of sulfone groups is 1. The molecule has 1 rings (SSSR count). The Hall–Kier alpha value is -4.25. The second kappa shape index (κ2) is 16.6. The molecule has 0 bridgehead atoms. The normalized spacial score (nSPS) is 12.9. The number of carbonyl (C=O) groups is 5. The van der Waals surface area contributed by atoms with Gasteiger partial charge in [0.2, 0.25) is 23.6 Å². The SMILES string of the molecule is CC(C)[C@H](NC(=O)c1cc([N+](C)(C)C)ccc1S(C)(=O)=O)C(=O)NCCC(=O)N[C@@H](CCCN=C(N)N)C(=O)NCC(N)=O. The number of guanidine groups is 1. The summed E-state index contributed by atoms with van der Waals surface area (Å²) in [5.74, 6) is -3.78. The van der Waals surface area contributed by atoms with Gasteiger partial charge in [0.1, 0.15) is 17.8 Å². The number of quaternary nitrogens is 1. The van der Waals surface area contributed by atoms with Crippen LogP contribution in [0.3, 0.4) is 0 Å². The predicted octanol–water partition coefficient (Wildman–Crippen LogP) is -2.31. The summed E-state index contributed by atoms with van der Waals surface area (Å²) in [6.45, 7) is 3.08. The van der Waals surface area contributed by atoms with Crippen LogP contribution in [0.2, 0.25) is 0 Å². The third-order valence-corrected chi connectivity index (χ3v) is 7.46. The summed E-state index contributed by atoms with van der Waals surface area (Å²) in [5, 5.41) is 10.1. The molecule has 0 aliphatic heterocycles. The third-order valence-electron chi connectivity index (χ3n) is 6.30. The number of rotatable bonds is 17. The van der Waals surface area contributed by atoms with E-state index in [-0.39, 0.29) is 48.3 Å². The highest BCUT2D eigenvalue weighted by atomic mass is 32.2. The monoisotopic (exact) mass is 640 g/mol. The van der Waals surface area contributed by atoms with Crippen LogP contribution in [0.25, 0.3) is 0 Å². The van der Waals surface area contributed by atoms with E-state index in [0.717, 1.165) is 6.26 Å². The lowest BCUT2D eigenvalue weighted by Gasteiger charge is -2.25. The average Bonchev–Trinajstić information content (AvgIpc) is 2.90. The molecule has 5 amide bonds. The van der Waals surface area contributed by atoms with Gasteiger partial charge in [0.25, 0.3) is 5.91 Å². The molecule has 2 atom stereocenters. The second-order valence-electron chi connectivity index (χ2n) is 11.5. The van der Waals surface area contributed by atoms with Gasteiger partial charge in [-0.05, 0) is 24.8 Å². The molecule has 0 saturated carbocycles. The van der Waals surface area contributed by atoms with E-state index in [1.165, 1.54) is 12.1 Å². The molecule has 246 valence electrons. The van der Waals surface area contributed by atoms with Crippen molar-refractivity contribution in [3.63, 3.8) is 0 Å². The smallest absolute Gasteiger partial charge is 0.253 e. The Morgan fingerprint density at radius 3 is 2.11 bits per heavy atom. The average molecular weight is 641 g/mol. The van der Waals surface area contributed by atoms with Crippen LogP contribution in [0.1, 0.15) is 43.5 Å². The van der Waals surface area contributed by atoms with Crippen molar-refractivity contribution in [1.29, 1.82) is 0 Å². The quantitative estimate of drug-likeness (QED) is 0.0417. The molecule has 17 heteroatoms. The molecule has 0 unspecified atom stereocenters. The molecular weight excluding hydrogens is 594 g/mol. The molecule has 0 heterocycles. The van der Waals surface area contributed by atoms with E-state index >= 15 is 0 Å². The van der Waals surface area contributed by atoms with Crippen LogP contribution in [0.4, 0.5) is 5.69 Å². The van der Waals surface area contributed by atoms with Crippen molar-refractivity contribution in [2.75, 3.05) is 47.0 Å². The van der Waals surface area contributed by atoms with Crippen LogP contribution in [0.5, 0.6) is 0 Å². The molecule has 0 aliphatic rings. The van der Waals surface area contributed by atoms with Crippen molar-refractivity contribution in [2.24, 2.45) is 28.1 Å². The molecule has 0 aliphatic carbocycles. The molecule has 16 nitrogen and oxygen atoms in total. The van der Waals surface area contributed by atoms with E-state index in [2.05, 4.69) is 26.3 Å². The van der Waals surface area contributed by atoms with Gasteiger partial charge in [-0.3, -0.25) is 33.4 Å². The van der Waals surface area contributed by atoms with Gasteiger partial charge >= 0.3 is 0 Å². The fourth-order valence-electron chi connectivity index (χ4n) is 3.94. The highest BCUT2D eigenvalue weighted by molar-refractivity contribution is 7.90. The zero-order chi connectivity index (χ0) is 33.8. The van der Waals surface area contributed by atoms with Crippen LogP contribution in [0, 0.1) is 5.92 Å². The lowest BCUT2D eigenvalue weighted by molar-refractivity contribution is -0.130. The minimum Gasteiger partial charge on any atom is -0.370 e. The maximum Gasteiger partial charge on any atom is 0.253 e. The fourth-order valence-corrected chi connectivity index (χ4v) is 4.80. The topological polar surface area (TPSA) is 258 Å². The molecule has 44 heavy (non-hydrogen) atoms. The number of benzene rings is 1. The number of hydrogen-bond donors (Lipinski definition) is 7. The Morgan fingerprint density at radius 2 is 1.59 bits per heavy atom. The molecule has 0 radical (unpaired) electrons. The van der Waals surface area contributed by atoms with Crippen molar-refractivity contribution in [3.05, 3.63) is 23.8 Å². The maximum absolute atomic E-state index is 13.3. The molecule has 0 aromatic heterocycles. The molecule has 10 N–H and O–H groups in total. The first-order chi connectivity index (χ1) is 20.2. The molecule has 0 saturated heterocycles. The zero-order valence-electron chi connectivity index (χ0n) is 26.1. The number of amides is 5. The Kier molecular flexibility index (Phi) is 14.2. The molecule has 1 aromatic carbocycles. The predicted molar refractivity (Wildman–Crippen MR) is 167 cm³/mol. The summed E-state index contributed by atoms with van der Waals surface area (Å²) in [7, 11) is 1.83. The highest BCUT2D eigenvalue weighted by Gasteiger charge is 2.29. The summed E-state index contributed by atoms with van der Waals surface area (Å²) >= 11 is 0. The Bertz CT molecular complexity index is 1350. The van der Waals surface area contributed by atoms with Crippen molar-refractivity contribution in [3.8, 4) is 0 Å². The van der Waals surface area contributed by atoms with Crippen LogP contribution in [0.15, 0.2) is 28.1 Å². The summed E-state index contributed by atoms with van der Waals surface area (Å²) in [6, 6.07) is 2.42. The summed E-state index contributed by atoms with van der Waals surface area (Å²) < 4.78 is 25.1. The van der Waals surface area contributed by atoms with E-state index in [1.807, 2.05) is 21.1 Å². The summed E-state index contributed by atoms with van der Waals surface area (Å²) in [5.41, 5.74) is 16.3. The van der Waals surface area contributed by atoms with Gasteiger partial charge in [-0.25, -0.2) is 8.42 Å². The van der Waals surface area contributed by atoms with E-state index in [1.54, 1.807) is 19.9 Å². The molecule has 0 fully saturated rings. The van der Waals surface area contributed by atoms with Gasteiger partial charge in [0.05, 0.1) is 38.1 Å². The standard InChI is InChI=1S/C27H45N9O7S/c1-16(2)23(35-24(39)18-14-17(36(3,4)5)9-10-20(18)44(6,42)43)26(41)31-13-11-22(38)34-19(8-7-12-32-27(29)30)25(40)33-15-21(28)37/h9-10,14,16,19,23H,7-8,11-13,15H2,1-6H3,(H9-,28,29,30,31,32,33,34,35,37,38,39,40,41)/p+1/t19-,23-/m0/s1. The van der Waals surface area contributed by atoms with Gasteiger partial charge in [-0.2, -0.15) is 0 Å². The minimum absolute atomic E-state index is 0.0867. The van der Waals surface area contributed by atoms with Crippen LogP contribution < -0.4 is 43.0 Å². The van der Waals surface area contributed by atoms with Gasteiger partial charge in [0.15, 0.2) is 15.8 Å². The van der Waals surface area contributed by atoms with Crippen LogP contribution in [-0.2, 0) is 29.0 Å². The highest BCUT2D eigenvalue weighted by Crippen LogP contribution is 2.25.